The topological polar surface area (TPSA) is 95.7 Å². The zero-order valence-corrected chi connectivity index (χ0v) is 17.2. The Hall–Kier alpha value is -3.89. The Morgan fingerprint density at radius 2 is 1.64 bits per heavy atom. The molecule has 0 bridgehead atoms. The van der Waals surface area contributed by atoms with Crippen LogP contribution in [0.4, 0.5) is 18.9 Å². The van der Waals surface area contributed by atoms with E-state index in [0.29, 0.717) is 18.8 Å². The van der Waals surface area contributed by atoms with Gasteiger partial charge in [-0.25, -0.2) is 9.48 Å². The third kappa shape index (κ3) is 4.52. The number of alkyl halides is 3. The van der Waals surface area contributed by atoms with Crippen molar-refractivity contribution in [3.63, 3.8) is 0 Å². The Bertz CT molecular complexity index is 1280. The number of benzene rings is 2. The molecule has 0 aliphatic carbocycles. The third-order valence-electron chi connectivity index (χ3n) is 5.53. The first-order valence-electron chi connectivity index (χ1n) is 10.1. The molecule has 11 heteroatoms. The fourth-order valence-corrected chi connectivity index (χ4v) is 3.82. The summed E-state index contributed by atoms with van der Waals surface area (Å²) >= 11 is 0. The quantitative estimate of drug-likeness (QED) is 0.643. The number of piperazine rings is 1. The van der Waals surface area contributed by atoms with Gasteiger partial charge in [0.15, 0.2) is 5.69 Å². The van der Waals surface area contributed by atoms with Gasteiger partial charge in [-0.1, -0.05) is 24.3 Å². The summed E-state index contributed by atoms with van der Waals surface area (Å²) in [5.74, 6) is -1.75. The minimum atomic E-state index is -4.44. The minimum Gasteiger partial charge on any atom is -0.476 e. The fourth-order valence-electron chi connectivity index (χ4n) is 3.82. The predicted molar refractivity (Wildman–Crippen MR) is 113 cm³/mol. The van der Waals surface area contributed by atoms with E-state index in [1.54, 1.807) is 23.1 Å². The summed E-state index contributed by atoms with van der Waals surface area (Å²) in [5.41, 5.74) is -1.23. The summed E-state index contributed by atoms with van der Waals surface area (Å²) in [4.78, 5) is 40.3. The van der Waals surface area contributed by atoms with Gasteiger partial charge in [0.1, 0.15) is 6.54 Å². The number of carboxylic acid groups (broad SMARTS) is 1. The molecular weight excluding hydrogens is 441 g/mol. The van der Waals surface area contributed by atoms with Crippen LogP contribution in [-0.4, -0.2) is 57.8 Å². The average Bonchev–Trinajstić information content (AvgIpc) is 2.80. The molecule has 1 aliphatic rings. The van der Waals surface area contributed by atoms with E-state index in [2.05, 4.69) is 5.10 Å². The second-order valence-corrected chi connectivity index (χ2v) is 7.58. The lowest BCUT2D eigenvalue weighted by Gasteiger charge is -2.36. The maximum absolute atomic E-state index is 13.0. The van der Waals surface area contributed by atoms with Gasteiger partial charge in [-0.2, -0.15) is 18.3 Å². The molecule has 1 aromatic heterocycles. The number of rotatable bonds is 4. The summed E-state index contributed by atoms with van der Waals surface area (Å²) < 4.78 is 39.8. The van der Waals surface area contributed by atoms with E-state index in [1.165, 1.54) is 23.1 Å². The molecule has 0 spiro atoms. The minimum absolute atomic E-state index is 0.145. The monoisotopic (exact) mass is 460 g/mol. The smallest absolute Gasteiger partial charge is 0.416 e. The number of carbonyl (C=O) groups is 2. The van der Waals surface area contributed by atoms with Crippen molar-refractivity contribution in [2.75, 3.05) is 31.1 Å². The number of anilines is 1. The second-order valence-electron chi connectivity index (χ2n) is 7.58. The van der Waals surface area contributed by atoms with E-state index in [9.17, 15) is 32.7 Å². The molecule has 0 unspecified atom stereocenters. The van der Waals surface area contributed by atoms with Gasteiger partial charge in [0.25, 0.3) is 5.56 Å². The van der Waals surface area contributed by atoms with Crippen molar-refractivity contribution >= 4 is 28.3 Å². The Morgan fingerprint density at radius 1 is 0.970 bits per heavy atom. The number of carboxylic acids is 1. The molecule has 0 radical (unpaired) electrons. The van der Waals surface area contributed by atoms with Crippen LogP contribution in [0.3, 0.4) is 0 Å². The first-order valence-corrected chi connectivity index (χ1v) is 10.1. The average molecular weight is 460 g/mol. The lowest BCUT2D eigenvalue weighted by molar-refractivity contribution is -0.137. The number of fused-ring (bicyclic) bond motifs is 1. The van der Waals surface area contributed by atoms with Crippen molar-refractivity contribution in [3.05, 3.63) is 70.1 Å². The van der Waals surface area contributed by atoms with Crippen LogP contribution in [0.5, 0.6) is 0 Å². The Kier molecular flexibility index (Phi) is 5.79. The van der Waals surface area contributed by atoms with Crippen molar-refractivity contribution in [2.24, 2.45) is 0 Å². The number of halogens is 3. The molecule has 1 fully saturated rings. The van der Waals surface area contributed by atoms with Crippen LogP contribution in [0.2, 0.25) is 0 Å². The second kappa shape index (κ2) is 8.57. The molecule has 172 valence electrons. The van der Waals surface area contributed by atoms with Crippen LogP contribution in [0.1, 0.15) is 16.1 Å². The van der Waals surface area contributed by atoms with Crippen molar-refractivity contribution in [3.8, 4) is 0 Å². The number of nitrogens with zero attached hydrogens (tertiary/aromatic N) is 4. The van der Waals surface area contributed by atoms with Crippen LogP contribution in [0, 0.1) is 0 Å². The number of hydrogen-bond acceptors (Lipinski definition) is 5. The highest BCUT2D eigenvalue weighted by Gasteiger charge is 2.31. The van der Waals surface area contributed by atoms with E-state index in [0.717, 1.165) is 16.8 Å². The lowest BCUT2D eigenvalue weighted by Crippen LogP contribution is -2.50. The van der Waals surface area contributed by atoms with Crippen LogP contribution >= 0.6 is 0 Å². The van der Waals surface area contributed by atoms with Crippen molar-refractivity contribution in [2.45, 2.75) is 12.7 Å². The number of carbonyl (C=O) groups excluding carboxylic acids is 1. The lowest BCUT2D eigenvalue weighted by atomic mass is 10.1. The zero-order chi connectivity index (χ0) is 23.8. The number of hydrogen-bond donors (Lipinski definition) is 1. The molecule has 2 aromatic carbocycles. The SMILES string of the molecule is O=C(O)c1nn(CC(=O)N2CCN(c3cccc(C(F)(F)F)c3)CC2)c(=O)c2ccccc12. The highest BCUT2D eigenvalue weighted by molar-refractivity contribution is 6.01. The highest BCUT2D eigenvalue weighted by atomic mass is 19.4. The van der Waals surface area contributed by atoms with Crippen LogP contribution in [-0.2, 0) is 17.5 Å². The fraction of sp³-hybridized carbons (Fsp3) is 0.273. The Morgan fingerprint density at radius 3 is 2.27 bits per heavy atom. The first-order chi connectivity index (χ1) is 15.6. The molecule has 33 heavy (non-hydrogen) atoms. The van der Waals surface area contributed by atoms with Gasteiger partial charge in [0, 0.05) is 37.3 Å². The molecule has 8 nitrogen and oxygen atoms in total. The normalized spacial score (nSPS) is 14.5. The Balaban J connectivity index is 1.48. The van der Waals surface area contributed by atoms with E-state index in [1.807, 2.05) is 0 Å². The molecule has 1 N–H and O–H groups in total. The summed E-state index contributed by atoms with van der Waals surface area (Å²) in [6.07, 6.45) is -4.44. The Labute approximate surface area is 185 Å². The molecule has 1 amide bonds. The summed E-state index contributed by atoms with van der Waals surface area (Å²) in [5, 5.41) is 13.6. The molecule has 1 aliphatic heterocycles. The van der Waals surface area contributed by atoms with E-state index >= 15 is 0 Å². The van der Waals surface area contributed by atoms with Crippen molar-refractivity contribution in [1.82, 2.24) is 14.7 Å². The van der Waals surface area contributed by atoms with E-state index < -0.39 is 35.7 Å². The molecular formula is C22H19F3N4O4. The predicted octanol–water partition coefficient (Wildman–Crippen LogP) is 2.46. The van der Waals surface area contributed by atoms with Crippen molar-refractivity contribution in [1.29, 1.82) is 0 Å². The number of aromatic nitrogens is 2. The van der Waals surface area contributed by atoms with Gasteiger partial charge in [-0.15, -0.1) is 0 Å². The van der Waals surface area contributed by atoms with Gasteiger partial charge in [0.2, 0.25) is 5.91 Å². The molecule has 3 aromatic rings. The highest BCUT2D eigenvalue weighted by Crippen LogP contribution is 2.31. The van der Waals surface area contributed by atoms with Crippen LogP contribution in [0.25, 0.3) is 10.8 Å². The van der Waals surface area contributed by atoms with Crippen molar-refractivity contribution < 1.29 is 27.9 Å². The summed E-state index contributed by atoms with van der Waals surface area (Å²) in [6.45, 7) is 0.668. The standard InChI is InChI=1S/C22H19F3N4O4/c23-22(24,25)14-4-3-5-15(12-14)27-8-10-28(11-9-27)18(30)13-29-20(31)17-7-2-1-6-16(17)19(26-29)21(32)33/h1-7,12H,8-11,13H2,(H,32,33). The van der Waals surface area contributed by atoms with Gasteiger partial charge < -0.3 is 14.9 Å². The third-order valence-corrected chi connectivity index (χ3v) is 5.53. The van der Waals surface area contributed by atoms with E-state index in [4.69, 9.17) is 0 Å². The van der Waals surface area contributed by atoms with Gasteiger partial charge in [0.05, 0.1) is 10.9 Å². The first kappa shape index (κ1) is 22.3. The number of amides is 1. The summed E-state index contributed by atoms with van der Waals surface area (Å²) in [7, 11) is 0. The maximum Gasteiger partial charge on any atom is 0.416 e. The molecule has 4 rings (SSSR count). The van der Waals surface area contributed by atoms with Crippen LogP contribution < -0.4 is 10.5 Å². The maximum atomic E-state index is 13.0. The molecule has 0 atom stereocenters. The van der Waals surface area contributed by atoms with Gasteiger partial charge in [-0.05, 0) is 24.3 Å². The molecule has 1 saturated heterocycles. The molecule has 2 heterocycles. The molecule has 0 saturated carbocycles. The van der Waals surface area contributed by atoms with Gasteiger partial charge >= 0.3 is 12.1 Å². The summed E-state index contributed by atoms with van der Waals surface area (Å²) in [6, 6.07) is 11.1. The largest absolute Gasteiger partial charge is 0.476 e. The van der Waals surface area contributed by atoms with Crippen LogP contribution in [0.15, 0.2) is 53.3 Å². The van der Waals surface area contributed by atoms with Gasteiger partial charge in [-0.3, -0.25) is 9.59 Å². The number of aromatic carboxylic acids is 1. The zero-order valence-electron chi connectivity index (χ0n) is 17.2. The van der Waals surface area contributed by atoms with E-state index in [-0.39, 0.29) is 29.6 Å².